The molecule has 1 nitrogen and oxygen atoms in total. The fraction of sp³-hybridized carbons (Fsp3) is 0.0698. The Labute approximate surface area is 255 Å². The van der Waals surface area contributed by atoms with E-state index in [1.165, 1.54) is 81.4 Å². The number of anilines is 3. The van der Waals surface area contributed by atoms with E-state index in [4.69, 9.17) is 0 Å². The molecule has 206 valence electrons. The van der Waals surface area contributed by atoms with Crippen LogP contribution >= 0.6 is 0 Å². The van der Waals surface area contributed by atoms with Gasteiger partial charge in [-0.05, 0) is 83.9 Å². The lowest BCUT2D eigenvalue weighted by Gasteiger charge is -2.37. The van der Waals surface area contributed by atoms with Crippen molar-refractivity contribution in [1.82, 2.24) is 0 Å². The van der Waals surface area contributed by atoms with E-state index in [1.807, 2.05) is 0 Å². The van der Waals surface area contributed by atoms with Crippen molar-refractivity contribution in [2.24, 2.45) is 0 Å². The van der Waals surface area contributed by atoms with E-state index < -0.39 is 0 Å². The average Bonchev–Trinajstić information content (AvgIpc) is 3.07. The molecule has 1 aliphatic carbocycles. The minimum atomic E-state index is -0.138. The van der Waals surface area contributed by atoms with E-state index in [0.717, 1.165) is 11.4 Å². The van der Waals surface area contributed by atoms with Crippen molar-refractivity contribution in [3.8, 4) is 0 Å². The van der Waals surface area contributed by atoms with Crippen LogP contribution < -0.4 is 4.90 Å². The van der Waals surface area contributed by atoms with Gasteiger partial charge in [0.2, 0.25) is 0 Å². The molecule has 0 aromatic heterocycles. The Morgan fingerprint density at radius 1 is 0.386 bits per heavy atom. The van der Waals surface area contributed by atoms with Gasteiger partial charge in [-0.15, -0.1) is 0 Å². The Morgan fingerprint density at radius 3 is 1.84 bits per heavy atom. The van der Waals surface area contributed by atoms with Crippen LogP contribution in [-0.4, -0.2) is 0 Å². The quantitative estimate of drug-likeness (QED) is 0.154. The molecule has 44 heavy (non-hydrogen) atoms. The highest BCUT2D eigenvalue weighted by Crippen LogP contribution is 2.56. The topological polar surface area (TPSA) is 3.24 Å². The largest absolute Gasteiger partial charge is 0.309 e. The maximum atomic E-state index is 2.50. The molecule has 0 saturated carbocycles. The van der Waals surface area contributed by atoms with Crippen molar-refractivity contribution in [3.63, 3.8) is 0 Å². The van der Waals surface area contributed by atoms with Crippen molar-refractivity contribution >= 4 is 81.7 Å². The van der Waals surface area contributed by atoms with Gasteiger partial charge in [-0.25, -0.2) is 0 Å². The average molecular weight is 560 g/mol. The molecule has 0 unspecified atom stereocenters. The highest BCUT2D eigenvalue weighted by Gasteiger charge is 2.35. The van der Waals surface area contributed by atoms with E-state index in [1.54, 1.807) is 0 Å². The Balaban J connectivity index is 1.48. The number of fused-ring (bicyclic) bond motifs is 2. The van der Waals surface area contributed by atoms with Crippen LogP contribution in [0.1, 0.15) is 25.0 Å². The molecule has 10 rings (SSSR count). The van der Waals surface area contributed by atoms with Gasteiger partial charge in [0.25, 0.3) is 0 Å². The summed E-state index contributed by atoms with van der Waals surface area (Å²) in [4.78, 5) is 2.50. The number of hydrogen-bond donors (Lipinski definition) is 0. The minimum Gasteiger partial charge on any atom is -0.309 e. The van der Waals surface area contributed by atoms with Gasteiger partial charge in [0, 0.05) is 32.9 Å². The molecule has 0 radical (unpaired) electrons. The Morgan fingerprint density at radius 2 is 1.00 bits per heavy atom. The number of hydrogen-bond acceptors (Lipinski definition) is 1. The van der Waals surface area contributed by atoms with Gasteiger partial charge < -0.3 is 4.90 Å². The molecule has 0 saturated heterocycles. The van der Waals surface area contributed by atoms with Gasteiger partial charge in [0.15, 0.2) is 0 Å². The lowest BCUT2D eigenvalue weighted by Crippen LogP contribution is -2.23. The summed E-state index contributed by atoms with van der Waals surface area (Å²) in [7, 11) is 0. The molecule has 0 atom stereocenters. The van der Waals surface area contributed by atoms with Crippen LogP contribution in [0.15, 0.2) is 140 Å². The Hall–Kier alpha value is -5.40. The predicted octanol–water partition coefficient (Wildman–Crippen LogP) is 12.2. The van der Waals surface area contributed by atoms with Crippen molar-refractivity contribution in [3.05, 3.63) is 151 Å². The fourth-order valence-corrected chi connectivity index (χ4v) is 8.37. The summed E-state index contributed by atoms with van der Waals surface area (Å²) in [6.07, 6.45) is 0. The molecule has 9 aromatic rings. The molecular formula is C43H29N. The first-order chi connectivity index (χ1) is 21.6. The molecule has 0 heterocycles. The summed E-state index contributed by atoms with van der Waals surface area (Å²) < 4.78 is 0. The van der Waals surface area contributed by atoms with Crippen LogP contribution in [0, 0.1) is 0 Å². The highest BCUT2D eigenvalue weighted by atomic mass is 15.1. The second kappa shape index (κ2) is 8.36. The van der Waals surface area contributed by atoms with Crippen molar-refractivity contribution in [1.29, 1.82) is 0 Å². The zero-order chi connectivity index (χ0) is 29.2. The van der Waals surface area contributed by atoms with Crippen molar-refractivity contribution < 1.29 is 0 Å². The summed E-state index contributed by atoms with van der Waals surface area (Å²) in [6.45, 7) is 4.82. The Bertz CT molecular complexity index is 2630. The summed E-state index contributed by atoms with van der Waals surface area (Å²) in [5.41, 5.74) is 6.26. The second-order valence-corrected chi connectivity index (χ2v) is 12.9. The minimum absolute atomic E-state index is 0.138. The van der Waals surface area contributed by atoms with Crippen LogP contribution in [0.25, 0.3) is 64.6 Å². The molecular weight excluding hydrogens is 530 g/mol. The smallest absolute Gasteiger partial charge is 0.0619 e. The van der Waals surface area contributed by atoms with Crippen LogP contribution in [0.3, 0.4) is 0 Å². The van der Waals surface area contributed by atoms with Gasteiger partial charge in [-0.1, -0.05) is 129 Å². The molecule has 1 heteroatoms. The third-order valence-electron chi connectivity index (χ3n) is 10.3. The van der Waals surface area contributed by atoms with Crippen LogP contribution in [0.2, 0.25) is 0 Å². The van der Waals surface area contributed by atoms with E-state index in [-0.39, 0.29) is 5.41 Å². The van der Waals surface area contributed by atoms with E-state index in [0.29, 0.717) is 0 Å². The predicted molar refractivity (Wildman–Crippen MR) is 189 cm³/mol. The van der Waals surface area contributed by atoms with E-state index in [2.05, 4.69) is 158 Å². The van der Waals surface area contributed by atoms with Gasteiger partial charge >= 0.3 is 0 Å². The van der Waals surface area contributed by atoms with Crippen molar-refractivity contribution in [2.45, 2.75) is 19.3 Å². The molecule has 0 N–H and O–H groups in total. The second-order valence-electron chi connectivity index (χ2n) is 12.9. The van der Waals surface area contributed by atoms with Gasteiger partial charge in [0.05, 0.1) is 5.69 Å². The van der Waals surface area contributed by atoms with Gasteiger partial charge in [0.1, 0.15) is 0 Å². The zero-order valence-electron chi connectivity index (χ0n) is 24.7. The van der Waals surface area contributed by atoms with Crippen LogP contribution in [0.4, 0.5) is 17.1 Å². The molecule has 0 fully saturated rings. The summed E-state index contributed by atoms with van der Waals surface area (Å²) >= 11 is 0. The standard InChI is InChI=1S/C43H29N/c1-43(2)35-20-10-19-34-39(35)41-38-32(31-16-8-13-27-22-24-36(43)40(41)37(27)31)17-9-18-33(38)42(34)44(29-14-4-3-5-15-29)30-23-21-26-11-6-7-12-28(26)25-30/h3-25H,1-2H3. The van der Waals surface area contributed by atoms with Gasteiger partial charge in [-0.2, -0.15) is 0 Å². The van der Waals surface area contributed by atoms with Crippen LogP contribution in [0.5, 0.6) is 0 Å². The zero-order valence-corrected chi connectivity index (χ0v) is 24.7. The maximum Gasteiger partial charge on any atom is 0.0619 e. The fourth-order valence-electron chi connectivity index (χ4n) is 8.37. The number of para-hydroxylation sites is 1. The van der Waals surface area contributed by atoms with E-state index in [9.17, 15) is 0 Å². The number of nitrogens with zero attached hydrogens (tertiary/aromatic N) is 1. The molecule has 0 bridgehead atoms. The molecule has 0 aliphatic heterocycles. The first kappa shape index (κ1) is 24.1. The monoisotopic (exact) mass is 559 g/mol. The molecule has 9 aromatic carbocycles. The number of rotatable bonds is 3. The van der Waals surface area contributed by atoms with E-state index >= 15 is 0 Å². The lowest BCUT2D eigenvalue weighted by molar-refractivity contribution is 0.652. The molecule has 1 aliphatic rings. The normalized spacial score (nSPS) is 13.9. The molecule has 0 amide bonds. The number of benzene rings is 9. The maximum absolute atomic E-state index is 2.50. The Kier molecular flexibility index (Phi) is 4.58. The lowest BCUT2D eigenvalue weighted by atomic mass is 9.68. The van der Waals surface area contributed by atoms with Crippen molar-refractivity contribution in [2.75, 3.05) is 4.90 Å². The summed E-state index contributed by atoms with van der Waals surface area (Å²) in [5.74, 6) is 0. The molecule has 0 spiro atoms. The highest BCUT2D eigenvalue weighted by molar-refractivity contribution is 6.42. The summed E-state index contributed by atoms with van der Waals surface area (Å²) in [6, 6.07) is 51.9. The SMILES string of the molecule is CC1(C)c2cccc3c(N(c4ccccc4)c4ccc5ccccc5c4)c4cccc5c6cccc7ccc1c(c76)c(c23)c45. The van der Waals surface area contributed by atoms with Crippen LogP contribution in [-0.2, 0) is 5.41 Å². The third kappa shape index (κ3) is 2.94. The van der Waals surface area contributed by atoms with Gasteiger partial charge in [-0.3, -0.25) is 0 Å². The first-order valence-corrected chi connectivity index (χ1v) is 15.5. The third-order valence-corrected chi connectivity index (χ3v) is 10.3. The first-order valence-electron chi connectivity index (χ1n) is 15.5. The summed E-state index contributed by atoms with van der Waals surface area (Å²) in [5, 5.41) is 16.1.